The van der Waals surface area contributed by atoms with E-state index in [0.29, 0.717) is 13.2 Å². The van der Waals surface area contributed by atoms with Crippen LogP contribution in [0.4, 0.5) is 13.2 Å². The molecule has 0 bridgehead atoms. The monoisotopic (exact) mass is 282 g/mol. The highest BCUT2D eigenvalue weighted by Crippen LogP contribution is 2.31. The van der Waals surface area contributed by atoms with Crippen LogP contribution in [0, 0.1) is 11.8 Å². The molecule has 3 unspecified atom stereocenters. The van der Waals surface area contributed by atoms with E-state index < -0.39 is 18.1 Å². The number of carbonyl (C=O) groups is 1. The number of ether oxygens (including phenoxy) is 1. The number of piperidine rings is 1. The van der Waals surface area contributed by atoms with Crippen LogP contribution in [0.5, 0.6) is 0 Å². The van der Waals surface area contributed by atoms with Crippen molar-refractivity contribution in [3.8, 4) is 0 Å². The summed E-state index contributed by atoms with van der Waals surface area (Å²) in [5.74, 6) is -1.40. The zero-order chi connectivity index (χ0) is 14.5. The van der Waals surface area contributed by atoms with Gasteiger partial charge in [0.15, 0.2) is 0 Å². The van der Waals surface area contributed by atoms with Crippen molar-refractivity contribution < 1.29 is 22.7 Å². The number of amides is 1. The molecule has 1 aliphatic heterocycles. The Morgan fingerprint density at radius 2 is 2.16 bits per heavy atom. The average Bonchev–Trinajstić information content (AvgIpc) is 2.35. The van der Waals surface area contributed by atoms with Crippen molar-refractivity contribution in [3.63, 3.8) is 0 Å². The smallest absolute Gasteiger partial charge is 0.384 e. The Morgan fingerprint density at radius 3 is 2.63 bits per heavy atom. The van der Waals surface area contributed by atoms with Crippen molar-refractivity contribution in [2.45, 2.75) is 32.0 Å². The molecule has 1 fully saturated rings. The minimum atomic E-state index is -4.18. The molecule has 1 saturated heterocycles. The molecule has 7 heteroatoms. The summed E-state index contributed by atoms with van der Waals surface area (Å²) in [5.41, 5.74) is 0. The van der Waals surface area contributed by atoms with Crippen molar-refractivity contribution in [2.24, 2.45) is 11.8 Å². The molecule has 0 aromatic rings. The van der Waals surface area contributed by atoms with E-state index in [4.69, 9.17) is 4.74 Å². The van der Waals surface area contributed by atoms with Crippen molar-refractivity contribution in [1.29, 1.82) is 0 Å². The Morgan fingerprint density at radius 1 is 1.47 bits per heavy atom. The Labute approximate surface area is 111 Å². The number of carbonyl (C=O) groups excluding carboxylic acids is 1. The molecule has 0 aromatic heterocycles. The fourth-order valence-electron chi connectivity index (χ4n) is 2.10. The fourth-order valence-corrected chi connectivity index (χ4v) is 2.10. The van der Waals surface area contributed by atoms with Crippen LogP contribution >= 0.6 is 0 Å². The fraction of sp³-hybridized carbons (Fsp3) is 0.917. The zero-order valence-corrected chi connectivity index (χ0v) is 11.2. The third-order valence-electron chi connectivity index (χ3n) is 3.27. The Bertz CT molecular complexity index is 289. The van der Waals surface area contributed by atoms with E-state index in [1.165, 1.54) is 0 Å². The topological polar surface area (TPSA) is 50.4 Å². The second kappa shape index (κ2) is 7.09. The first kappa shape index (κ1) is 16.2. The molecule has 0 saturated carbocycles. The minimum absolute atomic E-state index is 0.00219. The lowest BCUT2D eigenvalue weighted by molar-refractivity contribution is -0.180. The van der Waals surface area contributed by atoms with Crippen LogP contribution in [0.15, 0.2) is 0 Å². The van der Waals surface area contributed by atoms with E-state index in [9.17, 15) is 18.0 Å². The van der Waals surface area contributed by atoms with Crippen molar-refractivity contribution in [1.82, 2.24) is 10.6 Å². The molecular formula is C12H21F3N2O2. The van der Waals surface area contributed by atoms with Gasteiger partial charge in [-0.15, -0.1) is 0 Å². The summed E-state index contributed by atoms with van der Waals surface area (Å²) in [6.07, 6.45) is -3.96. The van der Waals surface area contributed by atoms with Gasteiger partial charge < -0.3 is 15.4 Å². The Balaban J connectivity index is 2.29. The number of methoxy groups -OCH3 is 1. The SMILES string of the molecule is COCC(C)CNC(=O)C1CCC(C(F)(F)F)CN1. The lowest BCUT2D eigenvalue weighted by atomic mass is 9.94. The summed E-state index contributed by atoms with van der Waals surface area (Å²) in [4.78, 5) is 11.8. The average molecular weight is 282 g/mol. The van der Waals surface area contributed by atoms with Gasteiger partial charge in [0.2, 0.25) is 5.91 Å². The van der Waals surface area contributed by atoms with Crippen molar-refractivity contribution >= 4 is 5.91 Å². The molecule has 0 aromatic carbocycles. The van der Waals surface area contributed by atoms with Gasteiger partial charge in [-0.1, -0.05) is 6.92 Å². The first-order valence-electron chi connectivity index (χ1n) is 6.41. The van der Waals surface area contributed by atoms with Gasteiger partial charge in [0.25, 0.3) is 0 Å². The maximum Gasteiger partial charge on any atom is 0.393 e. The van der Waals surface area contributed by atoms with Crippen molar-refractivity contribution in [3.05, 3.63) is 0 Å². The van der Waals surface area contributed by atoms with E-state index in [2.05, 4.69) is 10.6 Å². The quantitative estimate of drug-likeness (QED) is 0.799. The molecule has 1 amide bonds. The molecule has 0 aliphatic carbocycles. The highest BCUT2D eigenvalue weighted by molar-refractivity contribution is 5.81. The van der Waals surface area contributed by atoms with Gasteiger partial charge in [-0.2, -0.15) is 13.2 Å². The molecule has 3 atom stereocenters. The summed E-state index contributed by atoms with van der Waals surface area (Å²) in [7, 11) is 1.58. The summed E-state index contributed by atoms with van der Waals surface area (Å²) < 4.78 is 42.3. The molecule has 4 nitrogen and oxygen atoms in total. The summed E-state index contributed by atoms with van der Waals surface area (Å²) >= 11 is 0. The van der Waals surface area contributed by atoms with Crippen LogP contribution in [0.3, 0.4) is 0 Å². The first-order valence-corrected chi connectivity index (χ1v) is 6.41. The van der Waals surface area contributed by atoms with Gasteiger partial charge in [0.05, 0.1) is 18.6 Å². The van der Waals surface area contributed by atoms with Crippen LogP contribution in [0.2, 0.25) is 0 Å². The Hall–Kier alpha value is -0.820. The molecule has 19 heavy (non-hydrogen) atoms. The van der Waals surface area contributed by atoms with E-state index in [-0.39, 0.29) is 31.2 Å². The predicted octanol–water partition coefficient (Wildman–Crippen LogP) is 1.32. The molecular weight excluding hydrogens is 261 g/mol. The van der Waals surface area contributed by atoms with Crippen LogP contribution in [0.1, 0.15) is 19.8 Å². The number of halogens is 3. The predicted molar refractivity (Wildman–Crippen MR) is 64.6 cm³/mol. The largest absolute Gasteiger partial charge is 0.393 e. The van der Waals surface area contributed by atoms with Crippen LogP contribution in [-0.2, 0) is 9.53 Å². The Kier molecular flexibility index (Phi) is 6.06. The lowest BCUT2D eigenvalue weighted by Crippen LogP contribution is -2.51. The van der Waals surface area contributed by atoms with Gasteiger partial charge in [-0.05, 0) is 18.8 Å². The van der Waals surface area contributed by atoms with Crippen LogP contribution in [0.25, 0.3) is 0 Å². The van der Waals surface area contributed by atoms with Gasteiger partial charge >= 0.3 is 6.18 Å². The van der Waals surface area contributed by atoms with E-state index in [1.54, 1.807) is 7.11 Å². The van der Waals surface area contributed by atoms with Gasteiger partial charge in [-0.3, -0.25) is 4.79 Å². The molecule has 0 radical (unpaired) electrons. The summed E-state index contributed by atoms with van der Waals surface area (Å²) in [5, 5.41) is 5.40. The van der Waals surface area contributed by atoms with Gasteiger partial charge in [0.1, 0.15) is 0 Å². The molecule has 112 valence electrons. The molecule has 1 aliphatic rings. The maximum atomic E-state index is 12.5. The third-order valence-corrected chi connectivity index (χ3v) is 3.27. The highest BCUT2D eigenvalue weighted by Gasteiger charge is 2.42. The standard InChI is InChI=1S/C12H21F3N2O2/c1-8(7-19-2)5-17-11(18)10-4-3-9(6-16-10)12(13,14)15/h8-10,16H,3-7H2,1-2H3,(H,17,18). The molecule has 2 N–H and O–H groups in total. The lowest BCUT2D eigenvalue weighted by Gasteiger charge is -2.30. The summed E-state index contributed by atoms with van der Waals surface area (Å²) in [6, 6.07) is -0.520. The number of alkyl halides is 3. The van der Waals surface area contributed by atoms with Crippen LogP contribution < -0.4 is 10.6 Å². The molecule has 1 rings (SSSR count). The second-order valence-corrected chi connectivity index (χ2v) is 5.08. The molecule has 1 heterocycles. The normalized spacial score (nSPS) is 25.9. The molecule has 0 spiro atoms. The van der Waals surface area contributed by atoms with Gasteiger partial charge in [-0.25, -0.2) is 0 Å². The summed E-state index contributed by atoms with van der Waals surface area (Å²) in [6.45, 7) is 2.75. The number of nitrogens with one attached hydrogen (secondary N) is 2. The maximum absolute atomic E-state index is 12.5. The van der Waals surface area contributed by atoms with E-state index in [0.717, 1.165) is 0 Å². The first-order chi connectivity index (χ1) is 8.84. The third kappa shape index (κ3) is 5.36. The number of rotatable bonds is 5. The second-order valence-electron chi connectivity index (χ2n) is 5.08. The van der Waals surface area contributed by atoms with E-state index in [1.807, 2.05) is 6.92 Å². The number of hydrogen-bond donors (Lipinski definition) is 2. The highest BCUT2D eigenvalue weighted by atomic mass is 19.4. The van der Waals surface area contributed by atoms with E-state index >= 15 is 0 Å². The van der Waals surface area contributed by atoms with Crippen molar-refractivity contribution in [2.75, 3.05) is 26.8 Å². The zero-order valence-electron chi connectivity index (χ0n) is 11.2. The van der Waals surface area contributed by atoms with Crippen LogP contribution in [-0.4, -0.2) is 44.9 Å². The minimum Gasteiger partial charge on any atom is -0.384 e. The number of hydrogen-bond acceptors (Lipinski definition) is 3. The van der Waals surface area contributed by atoms with Gasteiger partial charge in [0, 0.05) is 20.2 Å².